The highest BCUT2D eigenvalue weighted by molar-refractivity contribution is 5.82. The van der Waals surface area contributed by atoms with Crippen LogP contribution in [-0.4, -0.2) is 23.1 Å². The molecule has 0 saturated heterocycles. The maximum Gasteiger partial charge on any atom is 0.310 e. The summed E-state index contributed by atoms with van der Waals surface area (Å²) in [6, 6.07) is 2.20. The Hall–Kier alpha value is -1.57. The summed E-state index contributed by atoms with van der Waals surface area (Å²) in [5.41, 5.74) is -1.21. The molecule has 0 radical (unpaired) electrons. The smallest absolute Gasteiger partial charge is 0.310 e. The molecule has 0 heterocycles. The number of hydrogen-bond donors (Lipinski definition) is 0. The minimum Gasteiger partial charge on any atom is -0.460 e. The Morgan fingerprint density at radius 3 is 1.77 bits per heavy atom. The summed E-state index contributed by atoms with van der Waals surface area (Å²) >= 11 is 0. The lowest BCUT2D eigenvalue weighted by Crippen LogP contribution is -2.41. The van der Waals surface area contributed by atoms with Crippen molar-refractivity contribution in [3.8, 4) is 6.07 Å². The second-order valence-corrected chi connectivity index (χ2v) is 7.92. The van der Waals surface area contributed by atoms with Crippen molar-refractivity contribution < 1.29 is 19.1 Å². The number of rotatable bonds is 2. The van der Waals surface area contributed by atoms with Crippen LogP contribution in [0.5, 0.6) is 0 Å². The molecule has 0 spiro atoms. The highest BCUT2D eigenvalue weighted by Gasteiger charge is 2.43. The van der Waals surface area contributed by atoms with Crippen molar-refractivity contribution in [3.63, 3.8) is 0 Å². The lowest BCUT2D eigenvalue weighted by Gasteiger charge is -2.34. The molecule has 1 fully saturated rings. The van der Waals surface area contributed by atoms with Crippen LogP contribution in [0, 0.1) is 29.1 Å². The molecule has 0 N–H and O–H groups in total. The second kappa shape index (κ2) is 6.68. The number of carbonyl (C=O) groups is 2. The first kappa shape index (κ1) is 18.5. The fraction of sp³-hybridized carbons (Fsp3) is 0.824. The first-order valence-electron chi connectivity index (χ1n) is 7.78. The van der Waals surface area contributed by atoms with Crippen LogP contribution < -0.4 is 0 Å². The molecular weight excluding hydrogens is 282 g/mol. The van der Waals surface area contributed by atoms with E-state index in [-0.39, 0.29) is 11.9 Å². The quantitative estimate of drug-likeness (QED) is 0.732. The fourth-order valence-electron chi connectivity index (χ4n) is 2.59. The van der Waals surface area contributed by atoms with Crippen molar-refractivity contribution >= 4 is 11.9 Å². The van der Waals surface area contributed by atoms with Gasteiger partial charge < -0.3 is 9.47 Å². The van der Waals surface area contributed by atoms with Crippen molar-refractivity contribution in [2.75, 3.05) is 0 Å². The molecule has 3 unspecified atom stereocenters. The van der Waals surface area contributed by atoms with Gasteiger partial charge in [-0.15, -0.1) is 0 Å². The lowest BCUT2D eigenvalue weighted by molar-refractivity contribution is -0.175. The van der Waals surface area contributed by atoms with E-state index in [2.05, 4.69) is 6.07 Å². The first-order chi connectivity index (χ1) is 9.93. The van der Waals surface area contributed by atoms with Crippen LogP contribution >= 0.6 is 0 Å². The summed E-state index contributed by atoms with van der Waals surface area (Å²) in [5.74, 6) is -2.13. The van der Waals surface area contributed by atoms with E-state index < -0.39 is 29.0 Å². The summed E-state index contributed by atoms with van der Waals surface area (Å²) < 4.78 is 10.9. The van der Waals surface area contributed by atoms with Crippen LogP contribution in [0.2, 0.25) is 0 Å². The highest BCUT2D eigenvalue weighted by atomic mass is 16.6. The number of ether oxygens (including phenoxy) is 2. The van der Waals surface area contributed by atoms with E-state index in [1.807, 2.05) is 0 Å². The number of hydrogen-bond acceptors (Lipinski definition) is 5. The lowest BCUT2D eigenvalue weighted by atomic mass is 9.74. The molecule has 5 nitrogen and oxygen atoms in total. The van der Waals surface area contributed by atoms with Gasteiger partial charge in [0, 0.05) is 5.92 Å². The third-order valence-corrected chi connectivity index (χ3v) is 3.45. The third kappa shape index (κ3) is 5.67. The Bertz CT molecular complexity index is 465. The molecule has 1 aliphatic carbocycles. The van der Waals surface area contributed by atoms with E-state index in [0.29, 0.717) is 19.3 Å². The second-order valence-electron chi connectivity index (χ2n) is 7.92. The Kier molecular flexibility index (Phi) is 5.61. The van der Waals surface area contributed by atoms with E-state index in [1.165, 1.54) is 0 Å². The van der Waals surface area contributed by atoms with Gasteiger partial charge in [-0.25, -0.2) is 0 Å². The van der Waals surface area contributed by atoms with Gasteiger partial charge in [-0.1, -0.05) is 0 Å². The zero-order chi connectivity index (χ0) is 17.1. The summed E-state index contributed by atoms with van der Waals surface area (Å²) in [7, 11) is 0. The minimum absolute atomic E-state index is 0.212. The predicted octanol–water partition coefficient (Wildman–Crippen LogP) is 3.23. The minimum atomic E-state index is -0.616. The van der Waals surface area contributed by atoms with Crippen LogP contribution in [0.25, 0.3) is 0 Å². The molecule has 0 aromatic carbocycles. The first-order valence-corrected chi connectivity index (χ1v) is 7.78. The Morgan fingerprint density at radius 1 is 0.909 bits per heavy atom. The summed E-state index contributed by atoms with van der Waals surface area (Å²) in [6.07, 6.45) is 1.45. The molecule has 124 valence electrons. The fourth-order valence-corrected chi connectivity index (χ4v) is 2.59. The Morgan fingerprint density at radius 2 is 1.36 bits per heavy atom. The monoisotopic (exact) mass is 309 g/mol. The number of nitriles is 1. The summed E-state index contributed by atoms with van der Waals surface area (Å²) in [4.78, 5) is 24.8. The molecule has 1 aliphatic rings. The van der Waals surface area contributed by atoms with Gasteiger partial charge in [-0.3, -0.25) is 9.59 Å². The maximum atomic E-state index is 12.4. The largest absolute Gasteiger partial charge is 0.460 e. The van der Waals surface area contributed by atoms with Gasteiger partial charge in [0.2, 0.25) is 0 Å². The van der Waals surface area contributed by atoms with Gasteiger partial charge in [0.1, 0.15) is 11.2 Å². The topological polar surface area (TPSA) is 76.4 Å². The summed E-state index contributed by atoms with van der Waals surface area (Å²) in [6.45, 7) is 10.8. The normalized spacial score (nSPS) is 26.0. The molecule has 0 amide bonds. The molecule has 5 heteroatoms. The van der Waals surface area contributed by atoms with Gasteiger partial charge in [0.25, 0.3) is 0 Å². The Labute approximate surface area is 133 Å². The molecular formula is C17H27NO4. The van der Waals surface area contributed by atoms with E-state index in [1.54, 1.807) is 41.5 Å². The molecule has 1 rings (SSSR count). The molecule has 22 heavy (non-hydrogen) atoms. The van der Waals surface area contributed by atoms with Crippen molar-refractivity contribution in [1.82, 2.24) is 0 Å². The molecule has 0 bridgehead atoms. The van der Waals surface area contributed by atoms with Gasteiger partial charge in [-0.05, 0) is 60.8 Å². The van der Waals surface area contributed by atoms with Gasteiger partial charge >= 0.3 is 11.9 Å². The number of esters is 2. The van der Waals surface area contributed by atoms with Gasteiger partial charge in [0.05, 0.1) is 17.9 Å². The van der Waals surface area contributed by atoms with E-state index >= 15 is 0 Å². The van der Waals surface area contributed by atoms with Crippen LogP contribution in [0.15, 0.2) is 0 Å². The van der Waals surface area contributed by atoms with Crippen LogP contribution in [0.4, 0.5) is 0 Å². The molecule has 3 atom stereocenters. The maximum absolute atomic E-state index is 12.4. The van der Waals surface area contributed by atoms with Crippen molar-refractivity contribution in [2.24, 2.45) is 17.8 Å². The van der Waals surface area contributed by atoms with Crippen LogP contribution in [0.1, 0.15) is 60.8 Å². The van der Waals surface area contributed by atoms with E-state index in [0.717, 1.165) is 0 Å². The van der Waals surface area contributed by atoms with Crippen molar-refractivity contribution in [2.45, 2.75) is 72.0 Å². The van der Waals surface area contributed by atoms with Crippen molar-refractivity contribution in [1.29, 1.82) is 5.26 Å². The van der Waals surface area contributed by atoms with Gasteiger partial charge in [0.15, 0.2) is 0 Å². The zero-order valence-electron chi connectivity index (χ0n) is 14.4. The highest BCUT2D eigenvalue weighted by Crippen LogP contribution is 2.36. The predicted molar refractivity (Wildman–Crippen MR) is 81.6 cm³/mol. The van der Waals surface area contributed by atoms with Crippen LogP contribution in [-0.2, 0) is 19.1 Å². The van der Waals surface area contributed by atoms with E-state index in [9.17, 15) is 9.59 Å². The molecule has 0 aliphatic heterocycles. The number of carbonyl (C=O) groups excluding carboxylic acids is 2. The molecule has 0 aromatic rings. The van der Waals surface area contributed by atoms with E-state index in [4.69, 9.17) is 14.7 Å². The number of nitrogens with zero attached hydrogens (tertiary/aromatic N) is 1. The molecule has 0 aromatic heterocycles. The average molecular weight is 309 g/mol. The average Bonchev–Trinajstić information content (AvgIpc) is 2.33. The van der Waals surface area contributed by atoms with Crippen molar-refractivity contribution in [3.05, 3.63) is 0 Å². The SMILES string of the molecule is CC(C)(C)OC(=O)C1CCC(C#N)CC1C(=O)OC(C)(C)C. The Balaban J connectivity index is 2.91. The molecule has 1 saturated carbocycles. The summed E-state index contributed by atoms with van der Waals surface area (Å²) in [5, 5.41) is 9.12. The zero-order valence-corrected chi connectivity index (χ0v) is 14.4. The van der Waals surface area contributed by atoms with Crippen LogP contribution in [0.3, 0.4) is 0 Å². The van der Waals surface area contributed by atoms with Gasteiger partial charge in [-0.2, -0.15) is 5.26 Å². The standard InChI is InChI=1S/C17H27NO4/c1-16(2,3)21-14(19)12-8-7-11(10-18)9-13(12)15(20)22-17(4,5)6/h11-13H,7-9H2,1-6H3. The third-order valence-electron chi connectivity index (χ3n) is 3.45.